The molecule has 0 amide bonds. The van der Waals surface area contributed by atoms with Crippen molar-refractivity contribution >= 4 is 19.8 Å². The number of likely N-dealkylation sites (N-methyl/N-ethyl adjacent to an activating group) is 1. The van der Waals surface area contributed by atoms with Crippen LogP contribution in [0.25, 0.3) is 0 Å². The molecular weight excluding hydrogens is 1160 g/mol. The van der Waals surface area contributed by atoms with Gasteiger partial charge in [-0.3, -0.25) is 14.2 Å². The summed E-state index contributed by atoms with van der Waals surface area (Å²) in [5.41, 5.74) is 0. The summed E-state index contributed by atoms with van der Waals surface area (Å²) < 4.78 is 34.4. The van der Waals surface area contributed by atoms with Crippen LogP contribution in [0.2, 0.25) is 0 Å². The number of phosphoric acid groups is 1. The first-order chi connectivity index (χ1) is 45.0. The summed E-state index contributed by atoms with van der Waals surface area (Å²) in [7, 11) is 1.17. The molecule has 0 rings (SSSR count). The molecule has 2 atom stereocenters. The Morgan fingerprint density at radius 1 is 0.348 bits per heavy atom. The molecule has 0 aromatic heterocycles. The van der Waals surface area contributed by atoms with Crippen LogP contribution >= 0.6 is 7.82 Å². The zero-order valence-corrected chi connectivity index (χ0v) is 61.4. The minimum atomic E-state index is -4.65. The molecule has 0 bridgehead atoms. The lowest BCUT2D eigenvalue weighted by molar-refractivity contribution is -0.870. The molecule has 0 heterocycles. The van der Waals surface area contributed by atoms with E-state index in [1.54, 1.807) is 0 Å². The van der Waals surface area contributed by atoms with Gasteiger partial charge in [-0.2, -0.15) is 0 Å². The topological polar surface area (TPSA) is 111 Å². The number of nitrogens with zero attached hydrogens (tertiary/aromatic N) is 1. The summed E-state index contributed by atoms with van der Waals surface area (Å²) in [6, 6.07) is 0. The maximum Gasteiger partial charge on any atom is 0.306 e. The first-order valence-electron chi connectivity index (χ1n) is 38.2. The van der Waals surface area contributed by atoms with Crippen LogP contribution in [0.3, 0.4) is 0 Å². The fourth-order valence-electron chi connectivity index (χ4n) is 10.6. The monoisotopic (exact) mass is 1300 g/mol. The smallest absolute Gasteiger partial charge is 0.306 e. The highest BCUT2D eigenvalue weighted by atomic mass is 31.2. The molecule has 0 fully saturated rings. The maximum absolute atomic E-state index is 12.9. The second kappa shape index (κ2) is 71.7. The Morgan fingerprint density at radius 3 is 0.924 bits per heavy atom. The number of hydrogen-bond acceptors (Lipinski definition) is 8. The van der Waals surface area contributed by atoms with E-state index in [4.69, 9.17) is 18.5 Å². The molecule has 0 aromatic carbocycles. The number of hydrogen-bond donors (Lipinski definition) is 0. The summed E-state index contributed by atoms with van der Waals surface area (Å²) in [5.74, 6) is -0.826. The van der Waals surface area contributed by atoms with E-state index in [1.165, 1.54) is 205 Å². The predicted molar refractivity (Wildman–Crippen MR) is 397 cm³/mol. The van der Waals surface area contributed by atoms with Gasteiger partial charge in [0.1, 0.15) is 19.8 Å². The first kappa shape index (κ1) is 88.4. The average molecular weight is 1300 g/mol. The lowest BCUT2D eigenvalue weighted by Crippen LogP contribution is -2.37. The van der Waals surface area contributed by atoms with Gasteiger partial charge in [-0.1, -0.05) is 334 Å². The van der Waals surface area contributed by atoms with E-state index in [1.807, 2.05) is 21.1 Å². The summed E-state index contributed by atoms with van der Waals surface area (Å²) >= 11 is 0. The number of allylic oxidation sites excluding steroid dienone is 20. The van der Waals surface area contributed by atoms with Gasteiger partial charge in [0, 0.05) is 12.8 Å². The zero-order valence-electron chi connectivity index (χ0n) is 60.5. The van der Waals surface area contributed by atoms with Gasteiger partial charge in [-0.25, -0.2) is 0 Å². The van der Waals surface area contributed by atoms with Crippen LogP contribution in [0.15, 0.2) is 122 Å². The number of carbonyl (C=O) groups is 2. The highest BCUT2D eigenvalue weighted by Crippen LogP contribution is 2.38. The minimum absolute atomic E-state index is 0.0335. The summed E-state index contributed by atoms with van der Waals surface area (Å²) in [6.07, 6.45) is 103. The van der Waals surface area contributed by atoms with Crippen molar-refractivity contribution in [2.24, 2.45) is 0 Å². The number of rotatable bonds is 70. The van der Waals surface area contributed by atoms with Gasteiger partial charge >= 0.3 is 11.9 Å². The van der Waals surface area contributed by atoms with Crippen LogP contribution in [0, 0.1) is 0 Å². The normalized spacial score (nSPS) is 13.8. The third kappa shape index (κ3) is 75.4. The molecule has 0 saturated carbocycles. The molecule has 0 radical (unpaired) electrons. The van der Waals surface area contributed by atoms with Gasteiger partial charge in [-0.05, 0) is 109 Å². The van der Waals surface area contributed by atoms with E-state index >= 15 is 0 Å². The molecule has 0 aliphatic rings. The van der Waals surface area contributed by atoms with Crippen LogP contribution in [0.1, 0.15) is 335 Å². The highest BCUT2D eigenvalue weighted by molar-refractivity contribution is 7.45. The Morgan fingerprint density at radius 2 is 0.620 bits per heavy atom. The van der Waals surface area contributed by atoms with Gasteiger partial charge in [0.2, 0.25) is 0 Å². The Labute approximate surface area is 568 Å². The molecule has 92 heavy (non-hydrogen) atoms. The van der Waals surface area contributed by atoms with Crippen LogP contribution < -0.4 is 4.89 Å². The lowest BCUT2D eigenvalue weighted by atomic mass is 10.0. The number of phosphoric ester groups is 1. The van der Waals surface area contributed by atoms with E-state index in [0.29, 0.717) is 17.4 Å². The number of esters is 2. The lowest BCUT2D eigenvalue weighted by Gasteiger charge is -2.28. The Hall–Kier alpha value is -3.59. The van der Waals surface area contributed by atoms with Crippen LogP contribution in [-0.4, -0.2) is 70.0 Å². The largest absolute Gasteiger partial charge is 0.756 e. The number of quaternary nitrogens is 1. The van der Waals surface area contributed by atoms with Crippen molar-refractivity contribution in [3.05, 3.63) is 122 Å². The number of ether oxygens (including phenoxy) is 2. The first-order valence-corrected chi connectivity index (χ1v) is 39.7. The van der Waals surface area contributed by atoms with E-state index < -0.39 is 26.5 Å². The molecule has 10 heteroatoms. The van der Waals surface area contributed by atoms with Gasteiger partial charge < -0.3 is 27.9 Å². The van der Waals surface area contributed by atoms with E-state index in [-0.39, 0.29) is 32.0 Å². The third-order valence-corrected chi connectivity index (χ3v) is 17.4. The zero-order chi connectivity index (χ0) is 66.9. The Balaban J connectivity index is 3.98. The molecule has 2 unspecified atom stereocenters. The molecule has 0 aliphatic heterocycles. The maximum atomic E-state index is 12.9. The predicted octanol–water partition coefficient (Wildman–Crippen LogP) is 24.8. The van der Waals surface area contributed by atoms with Crippen LogP contribution in [0.5, 0.6) is 0 Å². The van der Waals surface area contributed by atoms with Crippen LogP contribution in [-0.2, 0) is 32.7 Å². The molecule has 9 nitrogen and oxygen atoms in total. The average Bonchev–Trinajstić information content (AvgIpc) is 2.23. The van der Waals surface area contributed by atoms with Gasteiger partial charge in [-0.15, -0.1) is 0 Å². The van der Waals surface area contributed by atoms with Crippen molar-refractivity contribution in [1.82, 2.24) is 0 Å². The van der Waals surface area contributed by atoms with Crippen molar-refractivity contribution < 1.29 is 42.1 Å². The van der Waals surface area contributed by atoms with E-state index in [0.717, 1.165) is 96.3 Å². The molecule has 0 aromatic rings. The summed E-state index contributed by atoms with van der Waals surface area (Å²) in [6.45, 7) is 4.14. The third-order valence-electron chi connectivity index (χ3n) is 16.5. The number of carbonyl (C=O) groups excluding carboxylic acids is 2. The van der Waals surface area contributed by atoms with E-state index in [9.17, 15) is 19.0 Å². The van der Waals surface area contributed by atoms with Crippen molar-refractivity contribution in [1.29, 1.82) is 0 Å². The highest BCUT2D eigenvalue weighted by Gasteiger charge is 2.22. The van der Waals surface area contributed by atoms with E-state index in [2.05, 4.69) is 135 Å². The van der Waals surface area contributed by atoms with Crippen molar-refractivity contribution in [2.45, 2.75) is 341 Å². The summed E-state index contributed by atoms with van der Waals surface area (Å²) in [4.78, 5) is 38.1. The molecule has 0 aliphatic carbocycles. The molecule has 0 saturated heterocycles. The molecule has 0 N–H and O–H groups in total. The Kier molecular flexibility index (Phi) is 68.9. The van der Waals surface area contributed by atoms with Crippen molar-refractivity contribution in [2.75, 3.05) is 47.5 Å². The summed E-state index contributed by atoms with van der Waals surface area (Å²) in [5, 5.41) is 0. The second-order valence-electron chi connectivity index (χ2n) is 26.6. The Bertz CT molecular complexity index is 1970. The quantitative estimate of drug-likeness (QED) is 0.0195. The van der Waals surface area contributed by atoms with Crippen molar-refractivity contribution in [3.63, 3.8) is 0 Å². The van der Waals surface area contributed by atoms with Gasteiger partial charge in [0.25, 0.3) is 7.82 Å². The fraction of sp³-hybridized carbons (Fsp3) is 0.732. The molecular formula is C82H144NO8P. The van der Waals surface area contributed by atoms with Crippen molar-refractivity contribution in [3.8, 4) is 0 Å². The molecule has 0 spiro atoms. The van der Waals surface area contributed by atoms with Gasteiger partial charge in [0.05, 0.1) is 27.7 Å². The molecule has 530 valence electrons. The minimum Gasteiger partial charge on any atom is -0.756 e. The second-order valence-corrected chi connectivity index (χ2v) is 28.0. The standard InChI is InChI=1S/C82H144NO8P/c1-6-8-10-12-14-16-18-20-22-24-26-28-30-32-34-35-36-37-38-39-40-41-42-43-44-45-46-47-49-51-53-55-57-59-61-63-65-67-69-71-73-75-82(85)91-80(79-90-92(86,87)89-77-76-83(3,4)5)78-88-81(84)74-72-70-68-66-64-62-60-58-56-54-52-50-48-33-31-29-27-25-23-21-19-17-15-13-11-9-7-2/h8,10,14,16,19-22,25-28,31-34,36-37,39-40,80H,6-7,9,11-13,15,17-18,23-24,29-30,35,38,41-79H2,1-5H3/b10-8-,16-14-,21-19-,22-20-,27-25-,28-26-,33-31-,34-32-,37-36-,40-39-. The fourth-order valence-corrected chi connectivity index (χ4v) is 11.4. The van der Waals surface area contributed by atoms with Gasteiger partial charge in [0.15, 0.2) is 6.10 Å². The SMILES string of the molecule is CC/C=C\C/C=C\C/C=C\C/C=C\C/C=C\C/C=C\C/C=C\CCCCCCCCCCCCCCCCCCCCCC(=O)OC(COC(=O)CCCCCCCCCCCCCC/C=C\C/C=C\C/C=C\CCCCCCC)COP(=O)([O-])OCC[N+](C)(C)C. The number of unbranched alkanes of at least 4 members (excludes halogenated alkanes) is 36. The van der Waals surface area contributed by atoms with Crippen LogP contribution in [0.4, 0.5) is 0 Å².